The molecule has 0 aromatic carbocycles. The molecule has 0 aromatic rings. The molecular weight excluding hydrogens is 258 g/mol. The summed E-state index contributed by atoms with van der Waals surface area (Å²) >= 11 is 0. The fourth-order valence-electron chi connectivity index (χ4n) is 2.34. The lowest BCUT2D eigenvalue weighted by Crippen LogP contribution is -2.23. The monoisotopic (exact) mass is 293 g/mol. The van der Waals surface area contributed by atoms with Gasteiger partial charge in [0, 0.05) is 6.04 Å². The number of rotatable bonds is 14. The Labute approximate surface area is 127 Å². The Bertz CT molecular complexity index is 156. The van der Waals surface area contributed by atoms with E-state index in [0.29, 0.717) is 0 Å². The summed E-state index contributed by atoms with van der Waals surface area (Å²) in [7, 11) is 0. The maximum absolute atomic E-state index is 8.79. The molecular formula is C16H36ClNO. The van der Waals surface area contributed by atoms with E-state index in [-0.39, 0.29) is 25.1 Å². The molecule has 0 spiro atoms. The molecule has 3 heteroatoms. The number of halogens is 1. The second-order valence-corrected chi connectivity index (χ2v) is 5.62. The highest BCUT2D eigenvalue weighted by molar-refractivity contribution is 5.85. The van der Waals surface area contributed by atoms with E-state index in [4.69, 9.17) is 10.8 Å². The number of aliphatic hydroxyl groups excluding tert-OH is 1. The SMILES string of the molecule is CCCCCCCCCCCCCCC(N)CO.Cl. The lowest BCUT2D eigenvalue weighted by Gasteiger charge is -2.07. The zero-order valence-corrected chi connectivity index (χ0v) is 13.7. The molecule has 0 saturated heterocycles. The molecule has 19 heavy (non-hydrogen) atoms. The van der Waals surface area contributed by atoms with E-state index in [9.17, 15) is 0 Å². The van der Waals surface area contributed by atoms with Crippen molar-refractivity contribution in [3.05, 3.63) is 0 Å². The van der Waals surface area contributed by atoms with Gasteiger partial charge in [-0.3, -0.25) is 0 Å². The van der Waals surface area contributed by atoms with Crippen LogP contribution < -0.4 is 5.73 Å². The minimum atomic E-state index is 0. The molecule has 0 rings (SSSR count). The average molecular weight is 294 g/mol. The summed E-state index contributed by atoms with van der Waals surface area (Å²) in [6, 6.07) is 0.00752. The normalized spacial score (nSPS) is 12.2. The van der Waals surface area contributed by atoms with E-state index in [0.717, 1.165) is 6.42 Å². The van der Waals surface area contributed by atoms with E-state index < -0.39 is 0 Å². The zero-order chi connectivity index (χ0) is 13.5. The van der Waals surface area contributed by atoms with Gasteiger partial charge in [0.1, 0.15) is 0 Å². The number of hydrogen-bond acceptors (Lipinski definition) is 2. The Morgan fingerprint density at radius 1 is 0.737 bits per heavy atom. The first-order valence-electron chi connectivity index (χ1n) is 8.17. The summed E-state index contributed by atoms with van der Waals surface area (Å²) in [6.07, 6.45) is 17.5. The lowest BCUT2D eigenvalue weighted by molar-refractivity contribution is 0.257. The fraction of sp³-hybridized carbons (Fsp3) is 1.00. The minimum absolute atomic E-state index is 0. The Hall–Kier alpha value is 0.210. The Kier molecular flexibility index (Phi) is 20.6. The predicted octanol–water partition coefficient (Wildman–Crippen LogP) is 4.82. The Morgan fingerprint density at radius 2 is 1.11 bits per heavy atom. The molecule has 0 amide bonds. The van der Waals surface area contributed by atoms with Crippen LogP contribution in [0.1, 0.15) is 90.4 Å². The van der Waals surface area contributed by atoms with Crippen LogP contribution in [0.25, 0.3) is 0 Å². The van der Waals surface area contributed by atoms with Crippen molar-refractivity contribution in [3.63, 3.8) is 0 Å². The van der Waals surface area contributed by atoms with Crippen molar-refractivity contribution in [3.8, 4) is 0 Å². The van der Waals surface area contributed by atoms with E-state index >= 15 is 0 Å². The molecule has 0 aliphatic carbocycles. The van der Waals surface area contributed by atoms with Crippen molar-refractivity contribution in [2.45, 2.75) is 96.4 Å². The Balaban J connectivity index is 0. The first kappa shape index (κ1) is 21.5. The Morgan fingerprint density at radius 3 is 1.47 bits per heavy atom. The van der Waals surface area contributed by atoms with E-state index in [1.54, 1.807) is 0 Å². The highest BCUT2D eigenvalue weighted by Crippen LogP contribution is 2.12. The molecule has 118 valence electrons. The van der Waals surface area contributed by atoms with Crippen molar-refractivity contribution >= 4 is 12.4 Å². The van der Waals surface area contributed by atoms with Gasteiger partial charge in [0.25, 0.3) is 0 Å². The second-order valence-electron chi connectivity index (χ2n) is 5.62. The molecule has 2 nitrogen and oxygen atoms in total. The third-order valence-corrected chi connectivity index (χ3v) is 3.66. The highest BCUT2D eigenvalue weighted by atomic mass is 35.5. The van der Waals surface area contributed by atoms with Crippen molar-refractivity contribution in [1.82, 2.24) is 0 Å². The smallest absolute Gasteiger partial charge is 0.0582 e. The number of nitrogens with two attached hydrogens (primary N) is 1. The van der Waals surface area contributed by atoms with E-state index in [1.807, 2.05) is 0 Å². The van der Waals surface area contributed by atoms with Crippen molar-refractivity contribution < 1.29 is 5.11 Å². The number of unbranched alkanes of at least 4 members (excludes halogenated alkanes) is 11. The fourth-order valence-corrected chi connectivity index (χ4v) is 2.34. The average Bonchev–Trinajstić information content (AvgIpc) is 2.39. The number of hydrogen-bond donors (Lipinski definition) is 2. The van der Waals surface area contributed by atoms with Gasteiger partial charge in [0.15, 0.2) is 0 Å². The summed E-state index contributed by atoms with van der Waals surface area (Å²) in [5.74, 6) is 0. The minimum Gasteiger partial charge on any atom is -0.395 e. The molecule has 3 N–H and O–H groups in total. The van der Waals surface area contributed by atoms with Crippen molar-refractivity contribution in [2.24, 2.45) is 5.73 Å². The van der Waals surface area contributed by atoms with E-state index in [2.05, 4.69) is 6.92 Å². The molecule has 0 aliphatic heterocycles. The van der Waals surface area contributed by atoms with Gasteiger partial charge in [-0.25, -0.2) is 0 Å². The molecule has 0 aromatic heterocycles. The second kappa shape index (κ2) is 18.2. The highest BCUT2D eigenvalue weighted by Gasteiger charge is 1.99. The molecule has 0 radical (unpaired) electrons. The predicted molar refractivity (Wildman–Crippen MR) is 88.0 cm³/mol. The quantitative estimate of drug-likeness (QED) is 0.451. The maximum Gasteiger partial charge on any atom is 0.0582 e. The third-order valence-electron chi connectivity index (χ3n) is 3.66. The van der Waals surface area contributed by atoms with Gasteiger partial charge >= 0.3 is 0 Å². The van der Waals surface area contributed by atoms with E-state index in [1.165, 1.54) is 77.0 Å². The van der Waals surface area contributed by atoms with Gasteiger partial charge in [0.05, 0.1) is 6.61 Å². The van der Waals surface area contributed by atoms with Crippen LogP contribution in [-0.2, 0) is 0 Å². The topological polar surface area (TPSA) is 46.2 Å². The van der Waals surface area contributed by atoms with Crippen molar-refractivity contribution in [2.75, 3.05) is 6.61 Å². The maximum atomic E-state index is 8.79. The van der Waals surface area contributed by atoms with Gasteiger partial charge in [-0.15, -0.1) is 12.4 Å². The molecule has 1 unspecified atom stereocenters. The molecule has 0 fully saturated rings. The van der Waals surface area contributed by atoms with Crippen LogP contribution in [0.4, 0.5) is 0 Å². The van der Waals surface area contributed by atoms with Gasteiger partial charge < -0.3 is 10.8 Å². The lowest BCUT2D eigenvalue weighted by atomic mass is 10.0. The summed E-state index contributed by atoms with van der Waals surface area (Å²) in [4.78, 5) is 0. The molecule has 1 atom stereocenters. The van der Waals surface area contributed by atoms with Crippen LogP contribution in [0.15, 0.2) is 0 Å². The van der Waals surface area contributed by atoms with Gasteiger partial charge in [-0.1, -0.05) is 84.0 Å². The van der Waals surface area contributed by atoms with Crippen LogP contribution in [-0.4, -0.2) is 17.8 Å². The summed E-state index contributed by atoms with van der Waals surface area (Å²) < 4.78 is 0. The first-order valence-corrected chi connectivity index (χ1v) is 8.17. The summed E-state index contributed by atoms with van der Waals surface area (Å²) in [5.41, 5.74) is 5.65. The van der Waals surface area contributed by atoms with Gasteiger partial charge in [0.2, 0.25) is 0 Å². The molecule has 0 heterocycles. The van der Waals surface area contributed by atoms with Crippen LogP contribution in [0.3, 0.4) is 0 Å². The van der Waals surface area contributed by atoms with Crippen molar-refractivity contribution in [1.29, 1.82) is 0 Å². The zero-order valence-electron chi connectivity index (χ0n) is 12.9. The number of aliphatic hydroxyl groups is 1. The van der Waals surface area contributed by atoms with Crippen LogP contribution in [0.2, 0.25) is 0 Å². The molecule has 0 bridgehead atoms. The van der Waals surface area contributed by atoms with Gasteiger partial charge in [-0.05, 0) is 6.42 Å². The van der Waals surface area contributed by atoms with Crippen LogP contribution in [0, 0.1) is 0 Å². The third kappa shape index (κ3) is 18.2. The summed E-state index contributed by atoms with van der Waals surface area (Å²) in [6.45, 7) is 2.41. The molecule has 0 saturated carbocycles. The first-order chi connectivity index (χ1) is 8.81. The van der Waals surface area contributed by atoms with Crippen LogP contribution >= 0.6 is 12.4 Å². The largest absolute Gasteiger partial charge is 0.395 e. The van der Waals surface area contributed by atoms with Gasteiger partial charge in [-0.2, -0.15) is 0 Å². The summed E-state index contributed by atoms with van der Waals surface area (Å²) in [5, 5.41) is 8.79. The molecule has 0 aliphatic rings. The standard InChI is InChI=1S/C16H35NO.ClH/c1-2-3-4-5-6-7-8-9-10-11-12-13-14-16(17)15-18;/h16,18H,2-15,17H2,1H3;1H. The van der Waals surface area contributed by atoms with Crippen LogP contribution in [0.5, 0.6) is 0 Å².